The lowest BCUT2D eigenvalue weighted by atomic mass is 10.3. The van der Waals surface area contributed by atoms with Gasteiger partial charge in [0.25, 0.3) is 0 Å². The third kappa shape index (κ3) is 3.66. The molecule has 2 rings (SSSR count). The average Bonchev–Trinajstić information content (AvgIpc) is 3.17. The van der Waals surface area contributed by atoms with E-state index in [9.17, 15) is 8.42 Å². The molecule has 0 amide bonds. The summed E-state index contributed by atoms with van der Waals surface area (Å²) in [5.41, 5.74) is 0.996. The maximum absolute atomic E-state index is 11.9. The molecule has 0 aromatic heterocycles. The first-order valence-corrected chi connectivity index (χ1v) is 9.51. The molecule has 1 aromatic rings. The third-order valence-electron chi connectivity index (χ3n) is 3.54. The summed E-state index contributed by atoms with van der Waals surface area (Å²) in [5.74, 6) is 0.218. The highest BCUT2D eigenvalue weighted by Crippen LogP contribution is 2.47. The number of thioether (sulfide) groups is 1. The van der Waals surface area contributed by atoms with Crippen molar-refractivity contribution in [3.8, 4) is 0 Å². The lowest BCUT2D eigenvalue weighted by molar-refractivity contribution is 0.595. The Morgan fingerprint density at radius 2 is 1.89 bits per heavy atom. The van der Waals surface area contributed by atoms with Gasteiger partial charge >= 0.3 is 0 Å². The van der Waals surface area contributed by atoms with E-state index in [1.807, 2.05) is 30.8 Å². The first-order chi connectivity index (χ1) is 9.01. The number of sulfone groups is 1. The van der Waals surface area contributed by atoms with E-state index >= 15 is 0 Å². The monoisotopic (exact) mass is 299 g/mol. The van der Waals surface area contributed by atoms with Gasteiger partial charge < -0.3 is 5.32 Å². The van der Waals surface area contributed by atoms with Gasteiger partial charge in [-0.3, -0.25) is 0 Å². The molecule has 0 radical (unpaired) electrons. The summed E-state index contributed by atoms with van der Waals surface area (Å²) in [5, 5.41) is 3.39. The van der Waals surface area contributed by atoms with Gasteiger partial charge in [0.2, 0.25) is 0 Å². The zero-order valence-corrected chi connectivity index (χ0v) is 13.1. The average molecular weight is 299 g/mol. The molecule has 1 saturated carbocycles. The molecule has 0 saturated heterocycles. The zero-order chi connectivity index (χ0) is 13.9. The molecule has 106 valence electrons. The molecular formula is C14H21NO2S2. The molecular weight excluding hydrogens is 278 g/mol. The largest absolute Gasteiger partial charge is 0.384 e. The minimum Gasteiger partial charge on any atom is -0.384 e. The van der Waals surface area contributed by atoms with Gasteiger partial charge in [0.15, 0.2) is 9.84 Å². The fraction of sp³-hybridized carbons (Fsp3) is 0.571. The Morgan fingerprint density at radius 3 is 2.37 bits per heavy atom. The summed E-state index contributed by atoms with van der Waals surface area (Å²) >= 11 is 1.91. The van der Waals surface area contributed by atoms with Gasteiger partial charge in [-0.05, 0) is 49.8 Å². The summed E-state index contributed by atoms with van der Waals surface area (Å²) < 4.78 is 24.2. The van der Waals surface area contributed by atoms with Crippen LogP contribution in [0.4, 0.5) is 5.69 Å². The van der Waals surface area contributed by atoms with Crippen LogP contribution in [0.1, 0.15) is 26.2 Å². The van der Waals surface area contributed by atoms with Crippen molar-refractivity contribution in [3.63, 3.8) is 0 Å². The zero-order valence-electron chi connectivity index (χ0n) is 11.5. The molecule has 1 fully saturated rings. The van der Waals surface area contributed by atoms with E-state index in [-0.39, 0.29) is 5.75 Å². The number of nitrogens with one attached hydrogen (secondary N) is 1. The van der Waals surface area contributed by atoms with Crippen LogP contribution in [0.25, 0.3) is 0 Å². The van der Waals surface area contributed by atoms with Crippen LogP contribution in [-0.4, -0.2) is 31.7 Å². The van der Waals surface area contributed by atoms with E-state index in [2.05, 4.69) is 11.6 Å². The highest BCUT2D eigenvalue weighted by molar-refractivity contribution is 8.00. The number of rotatable bonds is 7. The number of benzene rings is 1. The molecule has 1 aliphatic carbocycles. The lowest BCUT2D eigenvalue weighted by Crippen LogP contribution is -2.17. The van der Waals surface area contributed by atoms with Crippen LogP contribution in [0, 0.1) is 0 Å². The molecule has 1 aromatic carbocycles. The first-order valence-electron chi connectivity index (χ1n) is 6.63. The fourth-order valence-electron chi connectivity index (χ4n) is 2.02. The van der Waals surface area contributed by atoms with Crippen LogP contribution >= 0.6 is 11.8 Å². The normalized spacial score (nSPS) is 17.2. The Balaban J connectivity index is 1.99. The predicted octanol–water partition coefficient (Wildman–Crippen LogP) is 3.18. The minimum atomic E-state index is -3.09. The van der Waals surface area contributed by atoms with E-state index in [0.717, 1.165) is 12.2 Å². The van der Waals surface area contributed by atoms with Gasteiger partial charge in [-0.25, -0.2) is 8.42 Å². The molecule has 0 aliphatic heterocycles. The van der Waals surface area contributed by atoms with Gasteiger partial charge in [0.05, 0.1) is 10.6 Å². The van der Waals surface area contributed by atoms with Gasteiger partial charge in [-0.2, -0.15) is 11.8 Å². The van der Waals surface area contributed by atoms with E-state index in [0.29, 0.717) is 16.1 Å². The van der Waals surface area contributed by atoms with Crippen molar-refractivity contribution in [1.29, 1.82) is 0 Å². The van der Waals surface area contributed by atoms with Crippen molar-refractivity contribution in [2.24, 2.45) is 0 Å². The van der Waals surface area contributed by atoms with Gasteiger partial charge in [0, 0.05) is 17.0 Å². The maximum atomic E-state index is 11.9. The second-order valence-electron chi connectivity index (χ2n) is 5.08. The highest BCUT2D eigenvalue weighted by Gasteiger charge is 2.41. The standard InChI is InChI=1S/C14H21NO2S2/c1-3-10-19(16,17)13-6-4-12(5-7-13)15-11-14(18-2)8-9-14/h4-7,15H,3,8-11H2,1-2H3. The Kier molecular flexibility index (Phi) is 4.46. The van der Waals surface area contributed by atoms with Crippen LogP contribution in [-0.2, 0) is 9.84 Å². The number of anilines is 1. The smallest absolute Gasteiger partial charge is 0.178 e. The van der Waals surface area contributed by atoms with E-state index in [1.165, 1.54) is 12.8 Å². The molecule has 1 aliphatic rings. The van der Waals surface area contributed by atoms with Crippen molar-refractivity contribution >= 4 is 27.3 Å². The van der Waals surface area contributed by atoms with Crippen molar-refractivity contribution < 1.29 is 8.42 Å². The molecule has 5 heteroatoms. The number of hydrogen-bond donors (Lipinski definition) is 1. The summed E-state index contributed by atoms with van der Waals surface area (Å²) in [4.78, 5) is 0.422. The van der Waals surface area contributed by atoms with Crippen molar-refractivity contribution in [3.05, 3.63) is 24.3 Å². The quantitative estimate of drug-likeness (QED) is 0.840. The second kappa shape index (κ2) is 5.75. The summed E-state index contributed by atoms with van der Waals surface area (Å²) in [6.45, 7) is 2.83. The predicted molar refractivity (Wildman–Crippen MR) is 82.8 cm³/mol. The fourth-order valence-corrected chi connectivity index (χ4v) is 4.07. The van der Waals surface area contributed by atoms with Crippen LogP contribution < -0.4 is 5.32 Å². The topological polar surface area (TPSA) is 46.2 Å². The second-order valence-corrected chi connectivity index (χ2v) is 8.47. The Hall–Kier alpha value is -0.680. The molecule has 0 bridgehead atoms. The van der Waals surface area contributed by atoms with Gasteiger partial charge in [-0.15, -0.1) is 0 Å². The summed E-state index contributed by atoms with van der Waals surface area (Å²) in [6, 6.07) is 7.12. The minimum absolute atomic E-state index is 0.218. The van der Waals surface area contributed by atoms with Gasteiger partial charge in [-0.1, -0.05) is 6.92 Å². The molecule has 3 nitrogen and oxygen atoms in total. The Bertz CT molecular complexity index is 519. The molecule has 0 unspecified atom stereocenters. The Labute approximate surface area is 120 Å². The third-order valence-corrected chi connectivity index (χ3v) is 6.90. The molecule has 19 heavy (non-hydrogen) atoms. The van der Waals surface area contributed by atoms with Crippen molar-refractivity contribution in [2.75, 3.05) is 23.9 Å². The number of hydrogen-bond acceptors (Lipinski definition) is 4. The van der Waals surface area contributed by atoms with Crippen LogP contribution in [0.15, 0.2) is 29.2 Å². The van der Waals surface area contributed by atoms with Crippen molar-refractivity contribution in [1.82, 2.24) is 0 Å². The molecule has 0 atom stereocenters. The van der Waals surface area contributed by atoms with Crippen LogP contribution in [0.5, 0.6) is 0 Å². The van der Waals surface area contributed by atoms with Crippen molar-refractivity contribution in [2.45, 2.75) is 35.8 Å². The maximum Gasteiger partial charge on any atom is 0.178 e. The highest BCUT2D eigenvalue weighted by atomic mass is 32.2. The van der Waals surface area contributed by atoms with E-state index in [4.69, 9.17) is 0 Å². The Morgan fingerprint density at radius 1 is 1.26 bits per heavy atom. The molecule has 0 heterocycles. The van der Waals surface area contributed by atoms with Crippen LogP contribution in [0.3, 0.4) is 0 Å². The van der Waals surface area contributed by atoms with Gasteiger partial charge in [0.1, 0.15) is 0 Å². The lowest BCUT2D eigenvalue weighted by Gasteiger charge is -2.14. The summed E-state index contributed by atoms with van der Waals surface area (Å²) in [6.07, 6.45) is 5.34. The van der Waals surface area contributed by atoms with Crippen LogP contribution in [0.2, 0.25) is 0 Å². The molecule has 0 spiro atoms. The molecule has 1 N–H and O–H groups in total. The van der Waals surface area contributed by atoms with E-state index in [1.54, 1.807) is 12.1 Å². The SMILES string of the molecule is CCCS(=O)(=O)c1ccc(NCC2(SC)CC2)cc1. The van der Waals surface area contributed by atoms with E-state index < -0.39 is 9.84 Å². The first kappa shape index (κ1) is 14.7. The summed E-state index contributed by atoms with van der Waals surface area (Å²) in [7, 11) is -3.09.